The van der Waals surface area contributed by atoms with E-state index in [1.54, 1.807) is 13.8 Å². The second-order valence-corrected chi connectivity index (χ2v) is 3.26. The molecule has 0 spiro atoms. The van der Waals surface area contributed by atoms with Gasteiger partial charge in [0.2, 0.25) is 0 Å². The molecule has 7 nitrogen and oxygen atoms in total. The van der Waals surface area contributed by atoms with Gasteiger partial charge in [-0.3, -0.25) is 4.79 Å². The lowest BCUT2D eigenvalue weighted by Crippen LogP contribution is -2.48. The highest BCUT2D eigenvalue weighted by atomic mass is 16.4. The molecular weight excluding hydrogens is 204 g/mol. The predicted octanol–water partition coefficient (Wildman–Crippen LogP) is -0.378. The van der Waals surface area contributed by atoms with Crippen molar-refractivity contribution in [3.05, 3.63) is 0 Å². The van der Waals surface area contributed by atoms with Gasteiger partial charge in [0, 0.05) is 6.04 Å². The van der Waals surface area contributed by atoms with Crippen LogP contribution in [0.4, 0.5) is 4.79 Å². The summed E-state index contributed by atoms with van der Waals surface area (Å²) in [6, 6.07) is -2.26. The Morgan fingerprint density at radius 2 is 1.67 bits per heavy atom. The van der Waals surface area contributed by atoms with E-state index < -0.39 is 30.4 Å². The zero-order valence-electron chi connectivity index (χ0n) is 8.48. The number of nitrogens with one attached hydrogen (secondary N) is 2. The summed E-state index contributed by atoms with van der Waals surface area (Å²) >= 11 is 0. The van der Waals surface area contributed by atoms with E-state index in [2.05, 4.69) is 5.32 Å². The van der Waals surface area contributed by atoms with E-state index >= 15 is 0 Å². The molecule has 86 valence electrons. The molecule has 1 atom stereocenters. The van der Waals surface area contributed by atoms with Crippen LogP contribution in [0.5, 0.6) is 0 Å². The van der Waals surface area contributed by atoms with Crippen LogP contribution in [0.3, 0.4) is 0 Å². The number of aliphatic carboxylic acids is 2. The highest BCUT2D eigenvalue weighted by Crippen LogP contribution is 1.92. The number of amides is 2. The van der Waals surface area contributed by atoms with Crippen LogP contribution in [-0.2, 0) is 9.59 Å². The lowest BCUT2D eigenvalue weighted by Gasteiger charge is -2.14. The molecule has 0 bridgehead atoms. The minimum atomic E-state index is -1.42. The first kappa shape index (κ1) is 13.2. The topological polar surface area (TPSA) is 116 Å². The van der Waals surface area contributed by atoms with E-state index in [4.69, 9.17) is 10.2 Å². The molecule has 15 heavy (non-hydrogen) atoms. The lowest BCUT2D eigenvalue weighted by atomic mass is 10.2. The van der Waals surface area contributed by atoms with Crippen molar-refractivity contribution in [1.82, 2.24) is 10.6 Å². The van der Waals surface area contributed by atoms with Gasteiger partial charge in [-0.2, -0.15) is 0 Å². The van der Waals surface area contributed by atoms with E-state index in [0.29, 0.717) is 0 Å². The Bertz CT molecular complexity index is 264. The monoisotopic (exact) mass is 218 g/mol. The molecule has 0 aromatic carbocycles. The minimum absolute atomic E-state index is 0.149. The molecular formula is C8H14N2O5. The fraction of sp³-hybridized carbons (Fsp3) is 0.625. The molecule has 0 heterocycles. The van der Waals surface area contributed by atoms with E-state index in [-0.39, 0.29) is 6.04 Å². The molecule has 0 rings (SSSR count). The molecule has 0 aromatic rings. The van der Waals surface area contributed by atoms with Gasteiger partial charge in [0.05, 0.1) is 6.42 Å². The van der Waals surface area contributed by atoms with Crippen molar-refractivity contribution in [2.75, 3.05) is 0 Å². The fourth-order valence-electron chi connectivity index (χ4n) is 0.837. The Labute approximate surface area is 86.5 Å². The van der Waals surface area contributed by atoms with Crippen LogP contribution in [0.15, 0.2) is 0 Å². The zero-order chi connectivity index (χ0) is 12.0. The van der Waals surface area contributed by atoms with Gasteiger partial charge in [0.15, 0.2) is 0 Å². The van der Waals surface area contributed by atoms with E-state index in [1.165, 1.54) is 0 Å². The molecule has 2 amide bonds. The predicted molar refractivity (Wildman–Crippen MR) is 50.5 cm³/mol. The van der Waals surface area contributed by atoms with E-state index in [9.17, 15) is 14.4 Å². The normalized spacial score (nSPS) is 11.9. The van der Waals surface area contributed by atoms with Gasteiger partial charge < -0.3 is 20.8 Å². The molecule has 4 N–H and O–H groups in total. The fourth-order valence-corrected chi connectivity index (χ4v) is 0.837. The number of urea groups is 1. The third kappa shape index (κ3) is 6.30. The molecule has 0 fully saturated rings. The minimum Gasteiger partial charge on any atom is -0.481 e. The smallest absolute Gasteiger partial charge is 0.326 e. The molecule has 0 saturated carbocycles. The van der Waals surface area contributed by atoms with Crippen molar-refractivity contribution in [2.45, 2.75) is 32.4 Å². The highest BCUT2D eigenvalue weighted by Gasteiger charge is 2.22. The van der Waals surface area contributed by atoms with E-state index in [1.807, 2.05) is 5.32 Å². The van der Waals surface area contributed by atoms with Crippen LogP contribution in [0.1, 0.15) is 20.3 Å². The summed E-state index contributed by atoms with van der Waals surface area (Å²) in [5.41, 5.74) is 0. The van der Waals surface area contributed by atoms with Crippen molar-refractivity contribution < 1.29 is 24.6 Å². The van der Waals surface area contributed by atoms with E-state index in [0.717, 1.165) is 0 Å². The first-order valence-corrected chi connectivity index (χ1v) is 4.34. The summed E-state index contributed by atoms with van der Waals surface area (Å²) in [6.07, 6.45) is -0.652. The van der Waals surface area contributed by atoms with Crippen molar-refractivity contribution in [3.63, 3.8) is 0 Å². The third-order valence-corrected chi connectivity index (χ3v) is 1.40. The van der Waals surface area contributed by atoms with Gasteiger partial charge in [-0.25, -0.2) is 9.59 Å². The van der Waals surface area contributed by atoms with Gasteiger partial charge >= 0.3 is 18.0 Å². The number of carbonyl (C=O) groups excluding carboxylic acids is 1. The Balaban J connectivity index is 4.22. The van der Waals surface area contributed by atoms with Crippen molar-refractivity contribution in [2.24, 2.45) is 0 Å². The van der Waals surface area contributed by atoms with Gasteiger partial charge in [-0.1, -0.05) is 0 Å². The van der Waals surface area contributed by atoms with Crippen LogP contribution in [-0.4, -0.2) is 40.3 Å². The highest BCUT2D eigenvalue weighted by molar-refractivity contribution is 5.86. The molecule has 0 radical (unpaired) electrons. The van der Waals surface area contributed by atoms with Gasteiger partial charge in [-0.15, -0.1) is 0 Å². The maximum atomic E-state index is 11.1. The molecule has 0 saturated heterocycles. The summed E-state index contributed by atoms with van der Waals surface area (Å²) < 4.78 is 0. The first-order valence-electron chi connectivity index (χ1n) is 4.34. The molecule has 0 aliphatic heterocycles. The lowest BCUT2D eigenvalue weighted by molar-refractivity contribution is -0.145. The number of carboxylic acids is 2. The van der Waals surface area contributed by atoms with Gasteiger partial charge in [-0.05, 0) is 13.8 Å². The largest absolute Gasteiger partial charge is 0.481 e. The second kappa shape index (κ2) is 5.84. The second-order valence-electron chi connectivity index (χ2n) is 3.26. The summed E-state index contributed by atoms with van der Waals surface area (Å²) in [5, 5.41) is 21.4. The average Bonchev–Trinajstić information content (AvgIpc) is 1.99. The van der Waals surface area contributed by atoms with Crippen molar-refractivity contribution >= 4 is 18.0 Å². The summed E-state index contributed by atoms with van der Waals surface area (Å²) in [6.45, 7) is 3.40. The van der Waals surface area contributed by atoms with Crippen LogP contribution >= 0.6 is 0 Å². The average molecular weight is 218 g/mol. The maximum absolute atomic E-state index is 11.1. The third-order valence-electron chi connectivity index (χ3n) is 1.40. The van der Waals surface area contributed by atoms with Crippen LogP contribution in [0, 0.1) is 0 Å². The summed E-state index contributed by atoms with van der Waals surface area (Å²) in [4.78, 5) is 31.9. The number of hydrogen-bond donors (Lipinski definition) is 4. The van der Waals surface area contributed by atoms with Crippen molar-refractivity contribution in [3.8, 4) is 0 Å². The Morgan fingerprint density at radius 3 is 2.00 bits per heavy atom. The van der Waals surface area contributed by atoms with Gasteiger partial charge in [0.1, 0.15) is 6.04 Å². The summed E-state index contributed by atoms with van der Waals surface area (Å²) in [5.74, 6) is -2.66. The molecule has 7 heteroatoms. The van der Waals surface area contributed by atoms with Crippen LogP contribution in [0.2, 0.25) is 0 Å². The molecule has 0 aliphatic carbocycles. The quantitative estimate of drug-likeness (QED) is 0.502. The van der Waals surface area contributed by atoms with Crippen molar-refractivity contribution in [1.29, 1.82) is 0 Å². The number of hydrogen-bond acceptors (Lipinski definition) is 3. The summed E-state index contributed by atoms with van der Waals surface area (Å²) in [7, 11) is 0. The number of carboxylic acid groups (broad SMARTS) is 2. The molecule has 0 unspecified atom stereocenters. The number of carbonyl (C=O) groups is 3. The Morgan fingerprint density at radius 1 is 1.13 bits per heavy atom. The number of rotatable bonds is 5. The van der Waals surface area contributed by atoms with Crippen LogP contribution in [0.25, 0.3) is 0 Å². The molecule has 0 aromatic heterocycles. The first-order chi connectivity index (χ1) is 6.82. The standard InChI is InChI=1S/C8H14N2O5/c1-4(2)9-8(15)10-5(7(13)14)3-6(11)12/h4-5H,3H2,1-2H3,(H,11,12)(H,13,14)(H2,9,10,15)/t5-/m1/s1. The Kier molecular flexibility index (Phi) is 5.14. The SMILES string of the molecule is CC(C)NC(=O)N[C@H](CC(=O)O)C(=O)O. The maximum Gasteiger partial charge on any atom is 0.326 e. The Hall–Kier alpha value is -1.79. The van der Waals surface area contributed by atoms with Gasteiger partial charge in [0.25, 0.3) is 0 Å². The van der Waals surface area contributed by atoms with Crippen LogP contribution < -0.4 is 10.6 Å². The molecule has 0 aliphatic rings. The zero-order valence-corrected chi connectivity index (χ0v) is 8.48.